The molecule has 0 heterocycles. The minimum Gasteiger partial charge on any atom is -0.481 e. The van der Waals surface area contributed by atoms with Crippen LogP contribution in [0.4, 0.5) is 5.69 Å². The van der Waals surface area contributed by atoms with Gasteiger partial charge in [-0.15, -0.1) is 0 Å². The van der Waals surface area contributed by atoms with Gasteiger partial charge in [0.1, 0.15) is 5.75 Å². The van der Waals surface area contributed by atoms with Crippen LogP contribution in [0.25, 0.3) is 0 Å². The third-order valence-corrected chi connectivity index (χ3v) is 4.33. The topological polar surface area (TPSA) is 90.9 Å². The summed E-state index contributed by atoms with van der Waals surface area (Å²) in [6.07, 6.45) is -0.840. The van der Waals surface area contributed by atoms with Crippen molar-refractivity contribution >= 4 is 23.5 Å². The van der Waals surface area contributed by atoms with Crippen LogP contribution >= 0.6 is 0 Å². The predicted octanol–water partition coefficient (Wildman–Crippen LogP) is 3.28. The number of anilines is 1. The van der Waals surface area contributed by atoms with Crippen molar-refractivity contribution in [3.8, 4) is 5.75 Å². The molecule has 2 aromatic rings. The van der Waals surface area contributed by atoms with Gasteiger partial charge in [0.15, 0.2) is 6.10 Å². The van der Waals surface area contributed by atoms with Gasteiger partial charge in [0.25, 0.3) is 5.91 Å². The van der Waals surface area contributed by atoms with Gasteiger partial charge in [0.2, 0.25) is 0 Å². The molecule has 0 saturated heterocycles. The van der Waals surface area contributed by atoms with Crippen molar-refractivity contribution in [1.82, 2.24) is 0 Å². The van der Waals surface area contributed by atoms with Crippen molar-refractivity contribution in [1.29, 1.82) is 0 Å². The van der Waals surface area contributed by atoms with E-state index in [-0.39, 0.29) is 16.8 Å². The average Bonchev–Trinajstić information content (AvgIpc) is 2.70. The number of carbonyl (C=O) groups is 3. The van der Waals surface area contributed by atoms with Crippen molar-refractivity contribution in [3.63, 3.8) is 0 Å². The minimum absolute atomic E-state index is 0.113. The van der Waals surface area contributed by atoms with Gasteiger partial charge in [-0.1, -0.05) is 12.1 Å². The van der Waals surface area contributed by atoms with Crippen molar-refractivity contribution in [2.45, 2.75) is 26.9 Å². The number of methoxy groups -OCH3 is 2. The lowest BCUT2D eigenvalue weighted by Crippen LogP contribution is -2.31. The molecule has 1 atom stereocenters. The zero-order valence-corrected chi connectivity index (χ0v) is 16.5. The average molecular weight is 385 g/mol. The maximum atomic E-state index is 12.6. The number of hydrogen-bond acceptors (Lipinski definition) is 6. The van der Waals surface area contributed by atoms with Crippen LogP contribution in [0, 0.1) is 13.8 Å². The van der Waals surface area contributed by atoms with Crippen LogP contribution in [0.5, 0.6) is 5.75 Å². The molecule has 1 N–H and O–H groups in total. The lowest BCUT2D eigenvalue weighted by atomic mass is 10.1. The van der Waals surface area contributed by atoms with Crippen molar-refractivity contribution in [2.75, 3.05) is 19.5 Å². The third kappa shape index (κ3) is 4.68. The molecule has 0 spiro atoms. The van der Waals surface area contributed by atoms with Crippen LogP contribution in [0.1, 0.15) is 38.8 Å². The summed E-state index contributed by atoms with van der Waals surface area (Å²) in [5.74, 6) is -1.12. The van der Waals surface area contributed by atoms with E-state index in [0.717, 1.165) is 11.1 Å². The molecule has 2 rings (SSSR count). The first-order valence-corrected chi connectivity index (χ1v) is 8.63. The highest BCUT2D eigenvalue weighted by Crippen LogP contribution is 2.23. The van der Waals surface area contributed by atoms with E-state index < -0.39 is 23.9 Å². The molecule has 0 aliphatic carbocycles. The number of benzene rings is 2. The maximum Gasteiger partial charge on any atom is 0.339 e. The lowest BCUT2D eigenvalue weighted by molar-refractivity contribution is -0.122. The van der Waals surface area contributed by atoms with Crippen molar-refractivity contribution in [3.05, 3.63) is 58.7 Å². The highest BCUT2D eigenvalue weighted by atomic mass is 16.5. The molecule has 1 amide bonds. The fourth-order valence-corrected chi connectivity index (χ4v) is 2.51. The Morgan fingerprint density at radius 1 is 0.964 bits per heavy atom. The van der Waals surface area contributed by atoms with Gasteiger partial charge in [-0.3, -0.25) is 4.79 Å². The Balaban J connectivity index is 2.26. The second-order valence-electron chi connectivity index (χ2n) is 6.19. The molecule has 0 saturated carbocycles. The van der Waals surface area contributed by atoms with Crippen molar-refractivity contribution < 1.29 is 28.6 Å². The normalized spacial score (nSPS) is 11.3. The van der Waals surface area contributed by atoms with Gasteiger partial charge in [-0.25, -0.2) is 9.59 Å². The summed E-state index contributed by atoms with van der Waals surface area (Å²) in [7, 11) is 2.48. The Labute approximate surface area is 163 Å². The smallest absolute Gasteiger partial charge is 0.339 e. The van der Waals surface area contributed by atoms with Gasteiger partial charge in [-0.05, 0) is 56.2 Å². The third-order valence-electron chi connectivity index (χ3n) is 4.33. The summed E-state index contributed by atoms with van der Waals surface area (Å²) >= 11 is 0. The molecule has 0 aliphatic rings. The number of hydrogen-bond donors (Lipinski definition) is 1. The Bertz CT molecular complexity index is 906. The van der Waals surface area contributed by atoms with E-state index >= 15 is 0 Å². The Hall–Kier alpha value is -3.35. The second-order valence-corrected chi connectivity index (χ2v) is 6.19. The van der Waals surface area contributed by atoms with E-state index in [1.165, 1.54) is 32.4 Å². The number of amides is 1. The summed E-state index contributed by atoms with van der Waals surface area (Å²) in [6.45, 7) is 5.46. The maximum absolute atomic E-state index is 12.6. The largest absolute Gasteiger partial charge is 0.481 e. The minimum atomic E-state index is -0.840. The summed E-state index contributed by atoms with van der Waals surface area (Å²) in [6, 6.07) is 9.75. The molecule has 148 valence electrons. The quantitative estimate of drug-likeness (QED) is 0.768. The summed E-state index contributed by atoms with van der Waals surface area (Å²) < 4.78 is 15.2. The molecular formula is C21H23NO6. The Morgan fingerprint density at radius 3 is 2.29 bits per heavy atom. The van der Waals surface area contributed by atoms with E-state index in [9.17, 15) is 14.4 Å². The summed E-state index contributed by atoms with van der Waals surface area (Å²) in [5.41, 5.74) is 2.42. The van der Waals surface area contributed by atoms with Gasteiger partial charge in [-0.2, -0.15) is 0 Å². The van der Waals surface area contributed by atoms with Crippen LogP contribution in [0.15, 0.2) is 36.4 Å². The zero-order valence-electron chi connectivity index (χ0n) is 16.5. The van der Waals surface area contributed by atoms with E-state index in [2.05, 4.69) is 10.1 Å². The number of rotatable bonds is 6. The number of esters is 2. The molecule has 0 aliphatic heterocycles. The van der Waals surface area contributed by atoms with Crippen LogP contribution in [0.2, 0.25) is 0 Å². The molecule has 0 bridgehead atoms. The van der Waals surface area contributed by atoms with Crippen LogP contribution in [-0.4, -0.2) is 38.2 Å². The summed E-state index contributed by atoms with van der Waals surface area (Å²) in [5, 5.41) is 2.63. The predicted molar refractivity (Wildman–Crippen MR) is 104 cm³/mol. The van der Waals surface area contributed by atoms with E-state index in [1.54, 1.807) is 13.0 Å². The van der Waals surface area contributed by atoms with Crippen molar-refractivity contribution in [2.24, 2.45) is 0 Å². The van der Waals surface area contributed by atoms with Gasteiger partial charge >= 0.3 is 11.9 Å². The monoisotopic (exact) mass is 385 g/mol. The highest BCUT2D eigenvalue weighted by Gasteiger charge is 2.21. The molecule has 7 nitrogen and oxygen atoms in total. The number of carbonyl (C=O) groups excluding carboxylic acids is 3. The van der Waals surface area contributed by atoms with E-state index in [1.807, 2.05) is 26.0 Å². The van der Waals surface area contributed by atoms with Crippen LogP contribution in [-0.2, 0) is 14.3 Å². The Morgan fingerprint density at radius 2 is 1.64 bits per heavy atom. The Kier molecular flexibility index (Phi) is 6.76. The SMILES string of the molecule is COC(=O)c1ccc(C(=O)OC)c(NC(=O)[C@H](C)Oc2cccc(C)c2C)c1. The summed E-state index contributed by atoms with van der Waals surface area (Å²) in [4.78, 5) is 36.4. The lowest BCUT2D eigenvalue weighted by Gasteiger charge is -2.18. The van der Waals surface area contributed by atoms with Gasteiger partial charge in [0, 0.05) is 0 Å². The zero-order chi connectivity index (χ0) is 20.8. The molecule has 0 unspecified atom stereocenters. The number of aryl methyl sites for hydroxylation is 1. The molecular weight excluding hydrogens is 362 g/mol. The number of ether oxygens (including phenoxy) is 3. The molecule has 0 aromatic heterocycles. The molecule has 0 radical (unpaired) electrons. The molecule has 28 heavy (non-hydrogen) atoms. The molecule has 2 aromatic carbocycles. The first kappa shape index (κ1) is 21.0. The molecule has 0 fully saturated rings. The first-order valence-electron chi connectivity index (χ1n) is 8.63. The fraction of sp³-hybridized carbons (Fsp3) is 0.286. The highest BCUT2D eigenvalue weighted by molar-refractivity contribution is 6.04. The van der Waals surface area contributed by atoms with E-state index in [0.29, 0.717) is 5.75 Å². The fourth-order valence-electron chi connectivity index (χ4n) is 2.51. The van der Waals surface area contributed by atoms with Crippen LogP contribution in [0.3, 0.4) is 0 Å². The standard InChI is InChI=1S/C21H23NO6/c1-12-7-6-8-18(13(12)2)28-14(3)19(23)22-17-11-15(20(24)26-4)9-10-16(17)21(25)27-5/h6-11,14H,1-5H3,(H,22,23)/t14-/m0/s1. The van der Waals surface area contributed by atoms with Gasteiger partial charge < -0.3 is 19.5 Å². The number of nitrogens with one attached hydrogen (secondary N) is 1. The molecule has 7 heteroatoms. The van der Waals surface area contributed by atoms with E-state index in [4.69, 9.17) is 9.47 Å². The van der Waals surface area contributed by atoms with Crippen LogP contribution < -0.4 is 10.1 Å². The second kappa shape index (κ2) is 9.03. The first-order chi connectivity index (χ1) is 13.3. The van der Waals surface area contributed by atoms with Gasteiger partial charge in [0.05, 0.1) is 31.0 Å².